The van der Waals surface area contributed by atoms with Crippen LogP contribution in [0.15, 0.2) is 12.1 Å². The number of nitrogens with one attached hydrogen (secondary N) is 2. The number of aromatic hydroxyl groups is 1. The number of hydrogen-bond donors (Lipinski definition) is 3. The summed E-state index contributed by atoms with van der Waals surface area (Å²) in [6.07, 6.45) is 0.780. The topological polar surface area (TPSA) is 73.8 Å². The molecule has 0 saturated heterocycles. The Morgan fingerprint density at radius 3 is 2.79 bits per heavy atom. The van der Waals surface area contributed by atoms with Gasteiger partial charge in [-0.15, -0.1) is 0 Å². The first-order valence-electron chi connectivity index (χ1n) is 8.58. The fourth-order valence-electron chi connectivity index (χ4n) is 2.73. The van der Waals surface area contributed by atoms with Crippen molar-refractivity contribution in [1.82, 2.24) is 10.2 Å². The predicted octanol–water partition coefficient (Wildman–Crippen LogP) is 1.83. The van der Waals surface area contributed by atoms with Crippen molar-refractivity contribution in [3.05, 3.63) is 17.7 Å². The number of phenolic OH excluding ortho intramolecular Hbond substituents is 1. The molecule has 1 aromatic rings. The smallest absolute Gasteiger partial charge is 0.262 e. The lowest BCUT2D eigenvalue weighted by Gasteiger charge is -2.27. The van der Waals surface area contributed by atoms with Gasteiger partial charge in [-0.25, -0.2) is 0 Å². The zero-order valence-electron chi connectivity index (χ0n) is 15.1. The number of nitrogens with zero attached hydrogens (tertiary/aromatic N) is 1. The molecule has 0 aromatic heterocycles. The van der Waals surface area contributed by atoms with E-state index in [1.54, 1.807) is 6.07 Å². The number of carbonyl (C=O) groups excluding carboxylic acids is 1. The van der Waals surface area contributed by atoms with Crippen molar-refractivity contribution >= 4 is 11.6 Å². The summed E-state index contributed by atoms with van der Waals surface area (Å²) in [5.74, 6) is 1.03. The third-order valence-electron chi connectivity index (χ3n) is 4.70. The van der Waals surface area contributed by atoms with Gasteiger partial charge in [-0.3, -0.25) is 4.79 Å². The minimum absolute atomic E-state index is 0.00519. The normalized spacial score (nSPS) is 15.2. The molecule has 3 N–H and O–H groups in total. The molecule has 0 aliphatic carbocycles. The van der Waals surface area contributed by atoms with Crippen molar-refractivity contribution in [3.63, 3.8) is 0 Å². The maximum absolute atomic E-state index is 11.4. The third kappa shape index (κ3) is 4.61. The number of rotatable bonds is 8. The van der Waals surface area contributed by atoms with Gasteiger partial charge in [0.2, 0.25) is 0 Å². The average molecular weight is 335 g/mol. The van der Waals surface area contributed by atoms with Crippen LogP contribution in [0.25, 0.3) is 0 Å². The highest BCUT2D eigenvalue weighted by atomic mass is 16.5. The van der Waals surface area contributed by atoms with E-state index in [9.17, 15) is 9.90 Å². The Bertz CT molecular complexity index is 575. The lowest BCUT2D eigenvalue weighted by Crippen LogP contribution is -2.38. The highest BCUT2D eigenvalue weighted by molar-refractivity contribution is 5.97. The minimum atomic E-state index is -0.240. The van der Waals surface area contributed by atoms with Gasteiger partial charge in [0, 0.05) is 19.1 Å². The summed E-state index contributed by atoms with van der Waals surface area (Å²) in [5, 5.41) is 16.0. The number of carbonyl (C=O) groups is 1. The summed E-state index contributed by atoms with van der Waals surface area (Å²) < 4.78 is 5.49. The van der Waals surface area contributed by atoms with Crippen LogP contribution in [0.3, 0.4) is 0 Å². The predicted molar refractivity (Wildman–Crippen MR) is 95.7 cm³/mol. The molecule has 6 heteroatoms. The number of ether oxygens (including phenoxy) is 1. The molecule has 1 unspecified atom stereocenters. The highest BCUT2D eigenvalue weighted by Gasteiger charge is 2.22. The van der Waals surface area contributed by atoms with E-state index in [2.05, 4.69) is 43.4 Å². The number of anilines is 1. The molecule has 0 bridgehead atoms. The molecular weight excluding hydrogens is 306 g/mol. The molecule has 1 aliphatic rings. The van der Waals surface area contributed by atoms with E-state index < -0.39 is 0 Å². The van der Waals surface area contributed by atoms with E-state index in [1.165, 1.54) is 0 Å². The van der Waals surface area contributed by atoms with Gasteiger partial charge in [0.15, 0.2) is 12.4 Å². The van der Waals surface area contributed by atoms with Crippen molar-refractivity contribution in [3.8, 4) is 11.5 Å². The van der Waals surface area contributed by atoms with E-state index in [-0.39, 0.29) is 18.3 Å². The van der Waals surface area contributed by atoms with E-state index in [1.807, 2.05) is 6.07 Å². The summed E-state index contributed by atoms with van der Waals surface area (Å²) >= 11 is 0. The van der Waals surface area contributed by atoms with E-state index >= 15 is 0 Å². The summed E-state index contributed by atoms with van der Waals surface area (Å²) in [4.78, 5) is 13.8. The Balaban J connectivity index is 1.81. The van der Waals surface area contributed by atoms with Gasteiger partial charge in [0.1, 0.15) is 11.4 Å². The minimum Gasteiger partial charge on any atom is -0.506 e. The van der Waals surface area contributed by atoms with Crippen molar-refractivity contribution in [2.45, 2.75) is 33.2 Å². The van der Waals surface area contributed by atoms with Gasteiger partial charge in [0.05, 0.1) is 0 Å². The second-order valence-corrected chi connectivity index (χ2v) is 6.75. The third-order valence-corrected chi connectivity index (χ3v) is 4.70. The van der Waals surface area contributed by atoms with Crippen molar-refractivity contribution in [2.24, 2.45) is 5.92 Å². The summed E-state index contributed by atoms with van der Waals surface area (Å²) in [6.45, 7) is 9.46. The summed E-state index contributed by atoms with van der Waals surface area (Å²) in [7, 11) is 2.15. The first-order valence-corrected chi connectivity index (χ1v) is 8.58. The van der Waals surface area contributed by atoms with Crippen molar-refractivity contribution < 1.29 is 14.6 Å². The number of fused-ring (bicyclic) bond motifs is 1. The Kier molecular flexibility index (Phi) is 6.45. The maximum Gasteiger partial charge on any atom is 0.262 e. The Morgan fingerprint density at radius 1 is 1.33 bits per heavy atom. The van der Waals surface area contributed by atoms with Crippen LogP contribution >= 0.6 is 0 Å². The van der Waals surface area contributed by atoms with Gasteiger partial charge in [0.25, 0.3) is 5.91 Å². The molecule has 0 saturated carbocycles. The number of phenols is 1. The summed E-state index contributed by atoms with van der Waals surface area (Å²) in [6, 6.07) is 4.01. The Morgan fingerprint density at radius 2 is 2.08 bits per heavy atom. The van der Waals surface area contributed by atoms with E-state index in [4.69, 9.17) is 4.74 Å². The molecule has 0 radical (unpaired) electrons. The first kappa shape index (κ1) is 18.5. The standard InChI is InChI=1S/C18H29N3O3/c1-12(2)13(3)21(4)10-9-19-8-7-14-5-6-15(22)17-18(14)24-11-16(23)20-17/h5-6,12-13,19,22H,7-11H2,1-4H3,(H,20,23). The number of amides is 1. The van der Waals surface area contributed by atoms with Crippen LogP contribution in [0.2, 0.25) is 0 Å². The fraction of sp³-hybridized carbons (Fsp3) is 0.611. The molecule has 1 aliphatic heterocycles. The molecule has 0 spiro atoms. The van der Waals surface area contributed by atoms with Crippen LogP contribution in [-0.4, -0.2) is 55.2 Å². The average Bonchev–Trinajstić information content (AvgIpc) is 2.55. The first-order chi connectivity index (χ1) is 11.4. The number of benzene rings is 1. The summed E-state index contributed by atoms with van der Waals surface area (Å²) in [5.41, 5.74) is 1.37. The van der Waals surface area contributed by atoms with Gasteiger partial charge in [-0.05, 0) is 44.5 Å². The fourth-order valence-corrected chi connectivity index (χ4v) is 2.73. The SMILES string of the molecule is CC(C)C(C)N(C)CCNCCc1ccc(O)c2c1OCC(=O)N2. The quantitative estimate of drug-likeness (QED) is 0.499. The van der Waals surface area contributed by atoms with Crippen LogP contribution in [-0.2, 0) is 11.2 Å². The zero-order valence-corrected chi connectivity index (χ0v) is 15.1. The molecule has 2 rings (SSSR count). The Hall–Kier alpha value is -1.79. The van der Waals surface area contributed by atoms with Crippen LogP contribution < -0.4 is 15.4 Å². The lowest BCUT2D eigenvalue weighted by molar-refractivity contribution is -0.118. The molecular formula is C18H29N3O3. The molecule has 1 amide bonds. The van der Waals surface area contributed by atoms with Crippen LogP contribution in [0.4, 0.5) is 5.69 Å². The molecule has 1 aromatic carbocycles. The number of likely N-dealkylation sites (N-methyl/N-ethyl adjacent to an activating group) is 1. The van der Waals surface area contributed by atoms with E-state index in [0.29, 0.717) is 23.4 Å². The van der Waals surface area contributed by atoms with Crippen LogP contribution in [0.5, 0.6) is 11.5 Å². The molecule has 6 nitrogen and oxygen atoms in total. The highest BCUT2D eigenvalue weighted by Crippen LogP contribution is 2.39. The van der Waals surface area contributed by atoms with Crippen LogP contribution in [0.1, 0.15) is 26.3 Å². The molecule has 0 fully saturated rings. The molecule has 1 heterocycles. The van der Waals surface area contributed by atoms with Crippen LogP contribution in [0, 0.1) is 5.92 Å². The second-order valence-electron chi connectivity index (χ2n) is 6.75. The monoisotopic (exact) mass is 335 g/mol. The van der Waals surface area contributed by atoms with Crippen molar-refractivity contribution in [2.75, 3.05) is 38.6 Å². The van der Waals surface area contributed by atoms with Crippen molar-refractivity contribution in [1.29, 1.82) is 0 Å². The van der Waals surface area contributed by atoms with Gasteiger partial charge >= 0.3 is 0 Å². The lowest BCUT2D eigenvalue weighted by atomic mass is 10.1. The molecule has 1 atom stereocenters. The zero-order chi connectivity index (χ0) is 17.7. The largest absolute Gasteiger partial charge is 0.506 e. The maximum atomic E-state index is 11.4. The van der Waals surface area contributed by atoms with Gasteiger partial charge in [-0.1, -0.05) is 19.9 Å². The van der Waals surface area contributed by atoms with E-state index in [0.717, 1.165) is 31.6 Å². The number of hydrogen-bond acceptors (Lipinski definition) is 5. The van der Waals surface area contributed by atoms with Gasteiger partial charge < -0.3 is 25.4 Å². The van der Waals surface area contributed by atoms with Gasteiger partial charge in [-0.2, -0.15) is 0 Å². The Labute approximate surface area is 144 Å². The molecule has 134 valence electrons. The molecule has 24 heavy (non-hydrogen) atoms. The second kappa shape index (κ2) is 8.35.